The summed E-state index contributed by atoms with van der Waals surface area (Å²) in [6.45, 7) is 12.0. The zero-order chi connectivity index (χ0) is 14.5. The highest BCUT2D eigenvalue weighted by atomic mass is 32.2. The molecule has 1 aromatic rings. The van der Waals surface area contributed by atoms with Crippen molar-refractivity contribution in [1.82, 2.24) is 9.97 Å². The van der Waals surface area contributed by atoms with Gasteiger partial charge >= 0.3 is 0 Å². The van der Waals surface area contributed by atoms with Crippen molar-refractivity contribution in [2.75, 3.05) is 29.9 Å². The van der Waals surface area contributed by atoms with Gasteiger partial charge in [-0.05, 0) is 13.3 Å². The highest BCUT2D eigenvalue weighted by Gasteiger charge is 2.25. The van der Waals surface area contributed by atoms with Gasteiger partial charge in [0.2, 0.25) is 0 Å². The molecule has 112 valence electrons. The molecular weight excluding hydrogens is 268 g/mol. The predicted octanol–water partition coefficient (Wildman–Crippen LogP) is 3.19. The van der Waals surface area contributed by atoms with Crippen molar-refractivity contribution in [3.05, 3.63) is 11.9 Å². The second-order valence-corrected chi connectivity index (χ2v) is 7.35. The Morgan fingerprint density at radius 1 is 1.25 bits per heavy atom. The van der Waals surface area contributed by atoms with Crippen LogP contribution in [0.15, 0.2) is 6.33 Å². The Morgan fingerprint density at radius 2 is 1.95 bits per heavy atom. The van der Waals surface area contributed by atoms with E-state index in [-0.39, 0.29) is 0 Å². The van der Waals surface area contributed by atoms with E-state index >= 15 is 0 Å². The second kappa shape index (κ2) is 7.16. The lowest BCUT2D eigenvalue weighted by molar-refractivity contribution is 0.709. The van der Waals surface area contributed by atoms with Crippen LogP contribution in [-0.4, -0.2) is 40.1 Å². The summed E-state index contributed by atoms with van der Waals surface area (Å²) in [4.78, 5) is 11.5. The molecule has 1 fully saturated rings. The van der Waals surface area contributed by atoms with Crippen molar-refractivity contribution in [2.24, 2.45) is 0 Å². The molecule has 5 heteroatoms. The first-order valence-corrected chi connectivity index (χ1v) is 8.58. The highest BCUT2D eigenvalue weighted by molar-refractivity contribution is 8.00. The van der Waals surface area contributed by atoms with E-state index < -0.39 is 0 Å². The Balaban J connectivity index is 2.31. The first-order valence-electron chi connectivity index (χ1n) is 7.63. The number of aromatic nitrogens is 2. The van der Waals surface area contributed by atoms with E-state index in [1.807, 2.05) is 0 Å². The quantitative estimate of drug-likeness (QED) is 0.903. The van der Waals surface area contributed by atoms with Gasteiger partial charge in [-0.3, -0.25) is 0 Å². The van der Waals surface area contributed by atoms with Gasteiger partial charge in [0.1, 0.15) is 18.0 Å². The molecule has 2 heterocycles. The minimum atomic E-state index is 0.658. The summed E-state index contributed by atoms with van der Waals surface area (Å²) < 4.78 is 0. The van der Waals surface area contributed by atoms with Gasteiger partial charge in [-0.2, -0.15) is 11.8 Å². The topological polar surface area (TPSA) is 41.1 Å². The van der Waals surface area contributed by atoms with Gasteiger partial charge in [-0.15, -0.1) is 0 Å². The fourth-order valence-corrected chi connectivity index (χ4v) is 4.15. The van der Waals surface area contributed by atoms with Crippen molar-refractivity contribution >= 4 is 23.4 Å². The largest absolute Gasteiger partial charge is 0.370 e. The fraction of sp³-hybridized carbons (Fsp3) is 0.733. The third-order valence-corrected chi connectivity index (χ3v) is 4.71. The maximum absolute atomic E-state index is 4.60. The highest BCUT2D eigenvalue weighted by Crippen LogP contribution is 2.31. The Labute approximate surface area is 126 Å². The van der Waals surface area contributed by atoms with E-state index in [1.165, 1.54) is 5.56 Å². The normalized spacial score (nSPS) is 22.9. The number of hydrogen-bond acceptors (Lipinski definition) is 5. The fourth-order valence-electron chi connectivity index (χ4n) is 2.83. The molecule has 0 amide bonds. The summed E-state index contributed by atoms with van der Waals surface area (Å²) in [5, 5.41) is 4.70. The van der Waals surface area contributed by atoms with E-state index in [0.717, 1.165) is 44.1 Å². The van der Waals surface area contributed by atoms with Crippen molar-refractivity contribution in [1.29, 1.82) is 0 Å². The van der Waals surface area contributed by atoms with Gasteiger partial charge in [-0.1, -0.05) is 27.2 Å². The van der Waals surface area contributed by atoms with E-state index in [4.69, 9.17) is 0 Å². The van der Waals surface area contributed by atoms with E-state index in [2.05, 4.69) is 59.6 Å². The molecule has 0 saturated carbocycles. The molecule has 2 rings (SSSR count). The van der Waals surface area contributed by atoms with Crippen LogP contribution in [0.4, 0.5) is 11.6 Å². The predicted molar refractivity (Wildman–Crippen MR) is 88.9 cm³/mol. The Hall–Kier alpha value is -0.970. The van der Waals surface area contributed by atoms with E-state index in [9.17, 15) is 0 Å². The number of thioether (sulfide) groups is 1. The Kier molecular flexibility index (Phi) is 5.52. The van der Waals surface area contributed by atoms with Crippen LogP contribution in [-0.2, 0) is 6.42 Å². The summed E-state index contributed by atoms with van der Waals surface area (Å²) in [6, 6.07) is 0. The van der Waals surface area contributed by atoms with Gasteiger partial charge in [-0.25, -0.2) is 9.97 Å². The molecule has 0 aliphatic carbocycles. The zero-order valence-electron chi connectivity index (χ0n) is 13.0. The maximum Gasteiger partial charge on any atom is 0.137 e. The standard InChI is InChI=1S/C15H26N4S/c1-5-7-13-14(16-6-2)17-10-18-15(13)19-8-11(3)20-12(4)9-19/h10-12H,5-9H2,1-4H3,(H,16,17,18). The van der Waals surface area contributed by atoms with Crippen LogP contribution in [0.5, 0.6) is 0 Å². The monoisotopic (exact) mass is 294 g/mol. The number of nitrogens with one attached hydrogen (secondary N) is 1. The average molecular weight is 294 g/mol. The third kappa shape index (κ3) is 3.57. The molecule has 1 aliphatic rings. The minimum Gasteiger partial charge on any atom is -0.370 e. The van der Waals surface area contributed by atoms with Crippen LogP contribution < -0.4 is 10.2 Å². The molecule has 1 N–H and O–H groups in total. The number of anilines is 2. The average Bonchev–Trinajstić information content (AvgIpc) is 2.40. The van der Waals surface area contributed by atoms with Gasteiger partial charge in [0.25, 0.3) is 0 Å². The molecule has 1 aliphatic heterocycles. The maximum atomic E-state index is 4.60. The van der Waals surface area contributed by atoms with E-state index in [0.29, 0.717) is 10.5 Å². The summed E-state index contributed by atoms with van der Waals surface area (Å²) >= 11 is 2.07. The zero-order valence-corrected chi connectivity index (χ0v) is 13.8. The third-order valence-electron chi connectivity index (χ3n) is 3.49. The van der Waals surface area contributed by atoms with Gasteiger partial charge in [0, 0.05) is 35.7 Å². The lowest BCUT2D eigenvalue weighted by atomic mass is 10.1. The first kappa shape index (κ1) is 15.4. The van der Waals surface area contributed by atoms with Crippen molar-refractivity contribution in [2.45, 2.75) is 51.0 Å². The molecule has 2 unspecified atom stereocenters. The van der Waals surface area contributed by atoms with Gasteiger partial charge in [0.05, 0.1) is 0 Å². The molecule has 0 spiro atoms. The van der Waals surface area contributed by atoms with Gasteiger partial charge < -0.3 is 10.2 Å². The summed E-state index contributed by atoms with van der Waals surface area (Å²) in [5.74, 6) is 2.15. The Bertz CT molecular complexity index is 428. The summed E-state index contributed by atoms with van der Waals surface area (Å²) in [6.07, 6.45) is 3.85. The van der Waals surface area contributed by atoms with Crippen LogP contribution in [0.1, 0.15) is 39.7 Å². The van der Waals surface area contributed by atoms with Gasteiger partial charge in [0.15, 0.2) is 0 Å². The van der Waals surface area contributed by atoms with Crippen LogP contribution in [0.25, 0.3) is 0 Å². The second-order valence-electron chi connectivity index (χ2n) is 5.47. The lowest BCUT2D eigenvalue weighted by Crippen LogP contribution is -2.41. The Morgan fingerprint density at radius 3 is 2.55 bits per heavy atom. The van der Waals surface area contributed by atoms with Crippen LogP contribution >= 0.6 is 11.8 Å². The number of hydrogen-bond donors (Lipinski definition) is 1. The molecule has 1 aromatic heterocycles. The minimum absolute atomic E-state index is 0.658. The van der Waals surface area contributed by atoms with Crippen molar-refractivity contribution in [3.8, 4) is 0 Å². The molecule has 0 aromatic carbocycles. The smallest absolute Gasteiger partial charge is 0.137 e. The first-order chi connectivity index (χ1) is 9.65. The molecule has 0 bridgehead atoms. The summed E-state index contributed by atoms with van der Waals surface area (Å²) in [5.41, 5.74) is 1.28. The van der Waals surface area contributed by atoms with Crippen LogP contribution in [0.3, 0.4) is 0 Å². The molecule has 20 heavy (non-hydrogen) atoms. The van der Waals surface area contributed by atoms with Crippen LogP contribution in [0.2, 0.25) is 0 Å². The molecule has 1 saturated heterocycles. The summed E-state index contributed by atoms with van der Waals surface area (Å²) in [7, 11) is 0. The SMILES string of the molecule is CCCc1c(NCC)ncnc1N1CC(C)SC(C)C1. The van der Waals surface area contributed by atoms with Crippen molar-refractivity contribution < 1.29 is 0 Å². The molecule has 0 radical (unpaired) electrons. The molecular formula is C15H26N4S. The molecule has 4 nitrogen and oxygen atoms in total. The number of rotatable bonds is 5. The number of nitrogens with zero attached hydrogens (tertiary/aromatic N) is 3. The van der Waals surface area contributed by atoms with Crippen molar-refractivity contribution in [3.63, 3.8) is 0 Å². The van der Waals surface area contributed by atoms with Crippen LogP contribution in [0, 0.1) is 0 Å². The molecule has 2 atom stereocenters. The lowest BCUT2D eigenvalue weighted by Gasteiger charge is -2.36. The van der Waals surface area contributed by atoms with E-state index in [1.54, 1.807) is 6.33 Å².